The highest BCUT2D eigenvalue weighted by atomic mass is 16.3. The van der Waals surface area contributed by atoms with E-state index in [2.05, 4.69) is 28.7 Å². The summed E-state index contributed by atoms with van der Waals surface area (Å²) in [6.45, 7) is 5.24. The van der Waals surface area contributed by atoms with Gasteiger partial charge in [-0.15, -0.1) is 0 Å². The second-order valence-electron chi connectivity index (χ2n) is 4.36. The maximum Gasteiger partial charge on any atom is 0.133 e. The van der Waals surface area contributed by atoms with E-state index in [4.69, 9.17) is 4.42 Å². The van der Waals surface area contributed by atoms with Gasteiger partial charge in [0.25, 0.3) is 0 Å². The molecule has 0 radical (unpaired) electrons. The van der Waals surface area contributed by atoms with Gasteiger partial charge in [0.05, 0.1) is 0 Å². The van der Waals surface area contributed by atoms with Gasteiger partial charge in [-0.25, -0.2) is 4.98 Å². The molecule has 0 saturated heterocycles. The van der Waals surface area contributed by atoms with Crippen LogP contribution in [0, 0.1) is 0 Å². The molecular weight excluding hydrogens is 226 g/mol. The van der Waals surface area contributed by atoms with E-state index in [0.717, 1.165) is 36.7 Å². The van der Waals surface area contributed by atoms with Crippen molar-refractivity contribution in [2.75, 3.05) is 7.05 Å². The summed E-state index contributed by atoms with van der Waals surface area (Å²) in [5, 5.41) is 3.28. The third-order valence-corrected chi connectivity index (χ3v) is 3.07. The van der Waals surface area contributed by atoms with Gasteiger partial charge in [0.1, 0.15) is 23.4 Å². The van der Waals surface area contributed by atoms with Gasteiger partial charge in [-0.2, -0.15) is 0 Å². The van der Waals surface area contributed by atoms with E-state index in [-0.39, 0.29) is 6.04 Å². The molecule has 0 bridgehead atoms. The quantitative estimate of drug-likeness (QED) is 0.853. The van der Waals surface area contributed by atoms with Gasteiger partial charge in [0, 0.05) is 25.4 Å². The molecule has 1 atom stereocenters. The number of hydrogen-bond acceptors (Lipinski definition) is 3. The minimum Gasteiger partial charge on any atom is -0.464 e. The summed E-state index contributed by atoms with van der Waals surface area (Å²) in [5.74, 6) is 2.95. The molecule has 0 aromatic carbocycles. The molecule has 0 aliphatic rings. The average molecular weight is 247 g/mol. The molecule has 0 amide bonds. The molecule has 0 spiro atoms. The highest BCUT2D eigenvalue weighted by Gasteiger charge is 2.20. The lowest BCUT2D eigenvalue weighted by Crippen LogP contribution is -2.21. The highest BCUT2D eigenvalue weighted by Crippen LogP contribution is 2.23. The number of imidazole rings is 1. The van der Waals surface area contributed by atoms with E-state index >= 15 is 0 Å². The van der Waals surface area contributed by atoms with Gasteiger partial charge in [-0.3, -0.25) is 0 Å². The zero-order valence-electron chi connectivity index (χ0n) is 11.3. The van der Waals surface area contributed by atoms with Crippen molar-refractivity contribution in [1.82, 2.24) is 14.9 Å². The molecule has 2 aromatic heterocycles. The van der Waals surface area contributed by atoms with Gasteiger partial charge in [0.15, 0.2) is 0 Å². The number of hydrogen-bond donors (Lipinski definition) is 1. The standard InChI is InChI=1S/C14H21N3O/c1-4-9-17-10-8-16-14(17)13(15-3)12-7-6-11(5-2)18-12/h6-8,10,13,15H,4-5,9H2,1-3H3. The maximum absolute atomic E-state index is 5.83. The van der Waals surface area contributed by atoms with Crippen molar-refractivity contribution in [1.29, 1.82) is 0 Å². The topological polar surface area (TPSA) is 43.0 Å². The third kappa shape index (κ3) is 2.48. The van der Waals surface area contributed by atoms with E-state index < -0.39 is 0 Å². The molecule has 18 heavy (non-hydrogen) atoms. The molecular formula is C14H21N3O. The normalized spacial score (nSPS) is 12.8. The van der Waals surface area contributed by atoms with Crippen LogP contribution in [0.3, 0.4) is 0 Å². The molecule has 2 aromatic rings. The zero-order chi connectivity index (χ0) is 13.0. The van der Waals surface area contributed by atoms with Crippen LogP contribution in [0.1, 0.15) is 43.7 Å². The molecule has 4 heteroatoms. The minimum absolute atomic E-state index is 0.0202. The molecule has 2 heterocycles. The fourth-order valence-electron chi connectivity index (χ4n) is 2.15. The number of aromatic nitrogens is 2. The Morgan fingerprint density at radius 2 is 2.22 bits per heavy atom. The van der Waals surface area contributed by atoms with E-state index in [1.807, 2.05) is 31.6 Å². The minimum atomic E-state index is 0.0202. The lowest BCUT2D eigenvalue weighted by atomic mass is 10.2. The zero-order valence-corrected chi connectivity index (χ0v) is 11.3. The lowest BCUT2D eigenvalue weighted by molar-refractivity contribution is 0.418. The van der Waals surface area contributed by atoms with Crippen molar-refractivity contribution in [3.05, 3.63) is 41.9 Å². The molecule has 1 N–H and O–H groups in total. The van der Waals surface area contributed by atoms with Crippen LogP contribution >= 0.6 is 0 Å². The lowest BCUT2D eigenvalue weighted by Gasteiger charge is -2.15. The van der Waals surface area contributed by atoms with Crippen molar-refractivity contribution in [3.8, 4) is 0 Å². The number of nitrogens with one attached hydrogen (secondary N) is 1. The van der Waals surface area contributed by atoms with E-state index in [1.54, 1.807) is 0 Å². The SMILES string of the molecule is CCCn1ccnc1C(NC)c1ccc(CC)o1. The predicted molar refractivity (Wildman–Crippen MR) is 71.5 cm³/mol. The molecule has 0 aliphatic carbocycles. The van der Waals surface area contributed by atoms with E-state index in [1.165, 1.54) is 0 Å². The van der Waals surface area contributed by atoms with Crippen LogP contribution in [0.4, 0.5) is 0 Å². The van der Waals surface area contributed by atoms with Crippen molar-refractivity contribution >= 4 is 0 Å². The number of aryl methyl sites for hydroxylation is 2. The van der Waals surface area contributed by atoms with Gasteiger partial charge < -0.3 is 14.3 Å². The van der Waals surface area contributed by atoms with Crippen LogP contribution in [0.25, 0.3) is 0 Å². The number of furan rings is 1. The number of nitrogens with zero attached hydrogens (tertiary/aromatic N) is 2. The Bertz CT molecular complexity index is 487. The summed E-state index contributed by atoms with van der Waals surface area (Å²) in [5.41, 5.74) is 0. The first-order valence-electron chi connectivity index (χ1n) is 6.57. The Morgan fingerprint density at radius 3 is 2.83 bits per heavy atom. The van der Waals surface area contributed by atoms with Gasteiger partial charge in [-0.1, -0.05) is 13.8 Å². The highest BCUT2D eigenvalue weighted by molar-refractivity contribution is 5.18. The predicted octanol–water partition coefficient (Wildman–Crippen LogP) is 2.76. The largest absolute Gasteiger partial charge is 0.464 e. The van der Waals surface area contributed by atoms with Gasteiger partial charge in [-0.05, 0) is 25.6 Å². The molecule has 0 fully saturated rings. The van der Waals surface area contributed by atoms with Crippen LogP contribution in [-0.4, -0.2) is 16.6 Å². The van der Waals surface area contributed by atoms with E-state index in [9.17, 15) is 0 Å². The van der Waals surface area contributed by atoms with Crippen molar-refractivity contribution < 1.29 is 4.42 Å². The third-order valence-electron chi connectivity index (χ3n) is 3.07. The van der Waals surface area contributed by atoms with Gasteiger partial charge in [0.2, 0.25) is 0 Å². The smallest absolute Gasteiger partial charge is 0.133 e. The fourth-order valence-corrected chi connectivity index (χ4v) is 2.15. The van der Waals surface area contributed by atoms with Crippen LogP contribution < -0.4 is 5.32 Å². The molecule has 0 aliphatic heterocycles. The second-order valence-corrected chi connectivity index (χ2v) is 4.36. The summed E-state index contributed by atoms with van der Waals surface area (Å²) in [6.07, 6.45) is 5.88. The van der Waals surface area contributed by atoms with Crippen LogP contribution in [0.15, 0.2) is 28.9 Å². The molecule has 98 valence electrons. The Kier molecular flexibility index (Phi) is 4.20. The summed E-state index contributed by atoms with van der Waals surface area (Å²) in [4.78, 5) is 4.46. The summed E-state index contributed by atoms with van der Waals surface area (Å²) < 4.78 is 8.00. The molecule has 0 saturated carbocycles. The Labute approximate surface area is 108 Å². The van der Waals surface area contributed by atoms with Crippen molar-refractivity contribution in [3.63, 3.8) is 0 Å². The molecule has 4 nitrogen and oxygen atoms in total. The second kappa shape index (κ2) is 5.87. The van der Waals surface area contributed by atoms with Crippen LogP contribution in [0.2, 0.25) is 0 Å². The maximum atomic E-state index is 5.83. The molecule has 2 rings (SSSR count). The summed E-state index contributed by atoms with van der Waals surface area (Å²) in [7, 11) is 1.93. The average Bonchev–Trinajstić information content (AvgIpc) is 3.01. The van der Waals surface area contributed by atoms with Crippen molar-refractivity contribution in [2.24, 2.45) is 0 Å². The van der Waals surface area contributed by atoms with Crippen LogP contribution in [0.5, 0.6) is 0 Å². The first kappa shape index (κ1) is 12.9. The van der Waals surface area contributed by atoms with Crippen molar-refractivity contribution in [2.45, 2.75) is 39.3 Å². The Balaban J connectivity index is 2.29. The van der Waals surface area contributed by atoms with E-state index in [0.29, 0.717) is 0 Å². The molecule has 1 unspecified atom stereocenters. The first-order chi connectivity index (χ1) is 8.80. The summed E-state index contributed by atoms with van der Waals surface area (Å²) >= 11 is 0. The monoisotopic (exact) mass is 247 g/mol. The number of rotatable bonds is 6. The first-order valence-corrected chi connectivity index (χ1v) is 6.57. The van der Waals surface area contributed by atoms with Gasteiger partial charge >= 0.3 is 0 Å². The Hall–Kier alpha value is -1.55. The summed E-state index contributed by atoms with van der Waals surface area (Å²) in [6, 6.07) is 4.09. The van der Waals surface area contributed by atoms with Crippen LogP contribution in [-0.2, 0) is 13.0 Å². The fraction of sp³-hybridized carbons (Fsp3) is 0.500. The Morgan fingerprint density at radius 1 is 1.39 bits per heavy atom.